The van der Waals surface area contributed by atoms with Crippen molar-refractivity contribution >= 4 is 0 Å². The van der Waals surface area contributed by atoms with E-state index in [1.54, 1.807) is 0 Å². The van der Waals surface area contributed by atoms with Gasteiger partial charge in [-0.05, 0) is 38.1 Å². The molecule has 0 fully saturated rings. The molecule has 0 saturated heterocycles. The van der Waals surface area contributed by atoms with Crippen molar-refractivity contribution in [1.29, 1.82) is 0 Å². The minimum atomic E-state index is 0.210. The molecule has 0 heterocycles. The maximum Gasteiger partial charge on any atom is 0.119 e. The maximum atomic E-state index is 5.45. The van der Waals surface area contributed by atoms with E-state index in [4.69, 9.17) is 11.2 Å². The summed E-state index contributed by atoms with van der Waals surface area (Å²) >= 11 is 0. The van der Waals surface area contributed by atoms with Crippen LogP contribution in [0, 0.1) is 12.3 Å². The standard InChI is InChI=1S/C11H12O/c1-4-10-5-7-11(8-6-10)12-9(2)3/h1,5-9H,2-3H3. The molecule has 0 unspecified atom stereocenters. The third-order valence-corrected chi connectivity index (χ3v) is 1.39. The van der Waals surface area contributed by atoms with E-state index in [-0.39, 0.29) is 6.10 Å². The lowest BCUT2D eigenvalue weighted by atomic mass is 10.2. The van der Waals surface area contributed by atoms with Crippen LogP contribution in [0.2, 0.25) is 0 Å². The van der Waals surface area contributed by atoms with Gasteiger partial charge < -0.3 is 4.74 Å². The molecule has 0 N–H and O–H groups in total. The van der Waals surface area contributed by atoms with Crippen molar-refractivity contribution in [3.05, 3.63) is 29.8 Å². The summed E-state index contributed by atoms with van der Waals surface area (Å²) in [6, 6.07) is 7.51. The highest BCUT2D eigenvalue weighted by molar-refractivity contribution is 5.36. The first kappa shape index (κ1) is 8.67. The van der Waals surface area contributed by atoms with E-state index in [9.17, 15) is 0 Å². The van der Waals surface area contributed by atoms with Gasteiger partial charge in [0.15, 0.2) is 0 Å². The summed E-state index contributed by atoms with van der Waals surface area (Å²) in [7, 11) is 0. The van der Waals surface area contributed by atoms with Gasteiger partial charge in [0.2, 0.25) is 0 Å². The molecule has 0 atom stereocenters. The van der Waals surface area contributed by atoms with Crippen molar-refractivity contribution in [3.63, 3.8) is 0 Å². The summed E-state index contributed by atoms with van der Waals surface area (Å²) in [5.41, 5.74) is 0.881. The molecule has 1 heteroatoms. The van der Waals surface area contributed by atoms with Crippen LogP contribution in [0.25, 0.3) is 0 Å². The summed E-state index contributed by atoms with van der Waals surface area (Å²) in [5.74, 6) is 3.42. The molecular formula is C11H12O. The molecule has 0 aliphatic rings. The van der Waals surface area contributed by atoms with Crippen molar-refractivity contribution < 1.29 is 4.74 Å². The van der Waals surface area contributed by atoms with Gasteiger partial charge in [-0.3, -0.25) is 0 Å². The smallest absolute Gasteiger partial charge is 0.119 e. The van der Waals surface area contributed by atoms with Crippen LogP contribution in [-0.4, -0.2) is 6.10 Å². The number of hydrogen-bond acceptors (Lipinski definition) is 1. The van der Waals surface area contributed by atoms with Crippen LogP contribution in [-0.2, 0) is 0 Å². The van der Waals surface area contributed by atoms with Gasteiger partial charge in [0.05, 0.1) is 6.10 Å². The van der Waals surface area contributed by atoms with Gasteiger partial charge >= 0.3 is 0 Å². The lowest BCUT2D eigenvalue weighted by molar-refractivity contribution is 0.242. The first-order chi connectivity index (χ1) is 5.72. The first-order valence-electron chi connectivity index (χ1n) is 3.95. The average molecular weight is 160 g/mol. The Kier molecular flexibility index (Phi) is 2.76. The molecule has 1 aromatic rings. The minimum absolute atomic E-state index is 0.210. The quantitative estimate of drug-likeness (QED) is 0.604. The number of rotatable bonds is 2. The van der Waals surface area contributed by atoms with Crippen molar-refractivity contribution in [2.75, 3.05) is 0 Å². The molecule has 0 amide bonds. The molecule has 0 aliphatic carbocycles. The van der Waals surface area contributed by atoms with Crippen LogP contribution in [0.5, 0.6) is 5.75 Å². The van der Waals surface area contributed by atoms with Crippen LogP contribution in [0.15, 0.2) is 24.3 Å². The van der Waals surface area contributed by atoms with Crippen LogP contribution >= 0.6 is 0 Å². The highest BCUT2D eigenvalue weighted by Crippen LogP contribution is 2.12. The van der Waals surface area contributed by atoms with Gasteiger partial charge in [-0.2, -0.15) is 0 Å². The molecule has 0 saturated carbocycles. The molecule has 1 nitrogen and oxygen atoms in total. The fourth-order valence-electron chi connectivity index (χ4n) is 0.902. The Morgan fingerprint density at radius 2 is 1.83 bits per heavy atom. The Morgan fingerprint density at radius 3 is 2.25 bits per heavy atom. The molecule has 0 bridgehead atoms. The molecule has 0 aliphatic heterocycles. The highest BCUT2D eigenvalue weighted by atomic mass is 16.5. The topological polar surface area (TPSA) is 9.23 Å². The van der Waals surface area contributed by atoms with E-state index in [1.165, 1.54) is 0 Å². The van der Waals surface area contributed by atoms with Gasteiger partial charge in [-0.1, -0.05) is 5.92 Å². The van der Waals surface area contributed by atoms with Gasteiger partial charge in [0.25, 0.3) is 0 Å². The lowest BCUT2D eigenvalue weighted by Crippen LogP contribution is -2.05. The fourth-order valence-corrected chi connectivity index (χ4v) is 0.902. The molecular weight excluding hydrogens is 148 g/mol. The number of benzene rings is 1. The van der Waals surface area contributed by atoms with Gasteiger partial charge in [0.1, 0.15) is 5.75 Å². The zero-order valence-electron chi connectivity index (χ0n) is 7.37. The molecule has 0 radical (unpaired) electrons. The van der Waals surface area contributed by atoms with Crippen LogP contribution < -0.4 is 4.74 Å². The SMILES string of the molecule is C#Cc1ccc(OC(C)C)cc1. The zero-order chi connectivity index (χ0) is 8.97. The number of terminal acetylenes is 1. The Balaban J connectivity index is 2.73. The Labute approximate surface area is 73.4 Å². The average Bonchev–Trinajstić information content (AvgIpc) is 2.05. The Morgan fingerprint density at radius 1 is 1.25 bits per heavy atom. The number of ether oxygens (including phenoxy) is 1. The maximum absolute atomic E-state index is 5.45. The number of hydrogen-bond donors (Lipinski definition) is 0. The van der Waals surface area contributed by atoms with Crippen molar-refractivity contribution in [2.45, 2.75) is 20.0 Å². The Bertz CT molecular complexity index is 277. The molecule has 12 heavy (non-hydrogen) atoms. The summed E-state index contributed by atoms with van der Waals surface area (Å²) in [5, 5.41) is 0. The van der Waals surface area contributed by atoms with E-state index < -0.39 is 0 Å². The second-order valence-electron chi connectivity index (χ2n) is 2.84. The second kappa shape index (κ2) is 3.82. The lowest BCUT2D eigenvalue weighted by Gasteiger charge is -2.08. The summed E-state index contributed by atoms with van der Waals surface area (Å²) in [6.07, 6.45) is 5.42. The summed E-state index contributed by atoms with van der Waals surface area (Å²) in [6.45, 7) is 3.99. The minimum Gasteiger partial charge on any atom is -0.491 e. The molecule has 1 aromatic carbocycles. The van der Waals surface area contributed by atoms with E-state index in [0.717, 1.165) is 11.3 Å². The molecule has 0 spiro atoms. The third-order valence-electron chi connectivity index (χ3n) is 1.39. The van der Waals surface area contributed by atoms with Crippen molar-refractivity contribution in [2.24, 2.45) is 0 Å². The summed E-state index contributed by atoms with van der Waals surface area (Å²) < 4.78 is 5.45. The molecule has 62 valence electrons. The van der Waals surface area contributed by atoms with Crippen molar-refractivity contribution in [1.82, 2.24) is 0 Å². The van der Waals surface area contributed by atoms with E-state index >= 15 is 0 Å². The predicted molar refractivity (Wildman–Crippen MR) is 50.1 cm³/mol. The normalized spacial score (nSPS) is 9.50. The van der Waals surface area contributed by atoms with E-state index in [2.05, 4.69) is 5.92 Å². The third kappa shape index (κ3) is 2.32. The molecule has 1 rings (SSSR count). The Hall–Kier alpha value is -1.42. The molecule has 0 aromatic heterocycles. The van der Waals surface area contributed by atoms with Crippen LogP contribution in [0.1, 0.15) is 19.4 Å². The highest BCUT2D eigenvalue weighted by Gasteiger charge is 1.95. The predicted octanol–water partition coefficient (Wildman–Crippen LogP) is 2.46. The van der Waals surface area contributed by atoms with Crippen LogP contribution in [0.4, 0.5) is 0 Å². The van der Waals surface area contributed by atoms with Crippen LogP contribution in [0.3, 0.4) is 0 Å². The zero-order valence-corrected chi connectivity index (χ0v) is 7.37. The van der Waals surface area contributed by atoms with E-state index in [1.807, 2.05) is 38.1 Å². The van der Waals surface area contributed by atoms with Gasteiger partial charge in [-0.15, -0.1) is 6.42 Å². The van der Waals surface area contributed by atoms with Gasteiger partial charge in [-0.25, -0.2) is 0 Å². The van der Waals surface area contributed by atoms with E-state index in [0.29, 0.717) is 0 Å². The first-order valence-corrected chi connectivity index (χ1v) is 3.95. The fraction of sp³-hybridized carbons (Fsp3) is 0.273. The van der Waals surface area contributed by atoms with Crippen molar-refractivity contribution in [3.8, 4) is 18.1 Å². The second-order valence-corrected chi connectivity index (χ2v) is 2.84. The van der Waals surface area contributed by atoms with Gasteiger partial charge in [0, 0.05) is 5.56 Å². The summed E-state index contributed by atoms with van der Waals surface area (Å²) in [4.78, 5) is 0. The monoisotopic (exact) mass is 160 g/mol. The largest absolute Gasteiger partial charge is 0.491 e.